The van der Waals surface area contributed by atoms with Gasteiger partial charge >= 0.3 is 0 Å². The second-order valence-corrected chi connectivity index (χ2v) is 7.12. The molecule has 3 rings (SSSR count). The van der Waals surface area contributed by atoms with Crippen molar-refractivity contribution in [3.05, 3.63) is 34.9 Å². The standard InChI is InChI=1S/C18H26N6O/c1-11(2)16-15(17(25)23-6-5-14(8-19)9-23)10-24(22-16)18-20-12(3)7-13(4)21-18/h7,10-11,14H,5-6,8-9,19H2,1-4H3. The SMILES string of the molecule is Cc1cc(C)nc(-n2cc(C(=O)N3CCC(CN)C3)c(C(C)C)n2)n1. The summed E-state index contributed by atoms with van der Waals surface area (Å²) in [4.78, 5) is 23.8. The first-order valence-electron chi connectivity index (χ1n) is 8.80. The van der Waals surface area contributed by atoms with E-state index in [0.717, 1.165) is 36.6 Å². The molecule has 134 valence electrons. The molecule has 7 nitrogen and oxygen atoms in total. The van der Waals surface area contributed by atoms with Crippen LogP contribution in [0.3, 0.4) is 0 Å². The lowest BCUT2D eigenvalue weighted by Gasteiger charge is -2.16. The Balaban J connectivity index is 1.96. The van der Waals surface area contributed by atoms with Crippen molar-refractivity contribution in [2.75, 3.05) is 19.6 Å². The molecule has 1 aliphatic heterocycles. The molecule has 0 bridgehead atoms. The minimum absolute atomic E-state index is 0.0234. The summed E-state index contributed by atoms with van der Waals surface area (Å²) in [6.45, 7) is 10.0. The van der Waals surface area contributed by atoms with Crippen LogP contribution in [0.1, 0.15) is 53.6 Å². The van der Waals surface area contributed by atoms with Crippen LogP contribution in [0.25, 0.3) is 5.95 Å². The maximum Gasteiger partial charge on any atom is 0.257 e. The lowest BCUT2D eigenvalue weighted by atomic mass is 10.1. The third-order valence-electron chi connectivity index (χ3n) is 4.60. The van der Waals surface area contributed by atoms with E-state index in [4.69, 9.17) is 5.73 Å². The molecule has 2 N–H and O–H groups in total. The first-order valence-corrected chi connectivity index (χ1v) is 8.80. The minimum Gasteiger partial charge on any atom is -0.338 e. The van der Waals surface area contributed by atoms with E-state index in [1.54, 1.807) is 10.9 Å². The van der Waals surface area contributed by atoms with Gasteiger partial charge in [-0.3, -0.25) is 4.79 Å². The lowest BCUT2D eigenvalue weighted by Crippen LogP contribution is -2.30. The van der Waals surface area contributed by atoms with Gasteiger partial charge in [-0.25, -0.2) is 14.6 Å². The number of likely N-dealkylation sites (tertiary alicyclic amines) is 1. The van der Waals surface area contributed by atoms with E-state index in [1.807, 2.05) is 38.7 Å². The second-order valence-electron chi connectivity index (χ2n) is 7.12. The van der Waals surface area contributed by atoms with Gasteiger partial charge in [-0.2, -0.15) is 5.10 Å². The Hall–Kier alpha value is -2.28. The Morgan fingerprint density at radius 3 is 2.56 bits per heavy atom. The number of aryl methyl sites for hydroxylation is 2. The molecule has 0 saturated carbocycles. The zero-order valence-electron chi connectivity index (χ0n) is 15.4. The van der Waals surface area contributed by atoms with Crippen LogP contribution in [-0.2, 0) is 0 Å². The summed E-state index contributed by atoms with van der Waals surface area (Å²) in [6.07, 6.45) is 2.73. The van der Waals surface area contributed by atoms with Crippen molar-refractivity contribution in [2.24, 2.45) is 11.7 Å². The predicted octanol–water partition coefficient (Wildman–Crippen LogP) is 1.82. The van der Waals surface area contributed by atoms with Gasteiger partial charge in [0.25, 0.3) is 11.9 Å². The van der Waals surface area contributed by atoms with E-state index in [9.17, 15) is 4.79 Å². The van der Waals surface area contributed by atoms with Gasteiger partial charge < -0.3 is 10.6 Å². The number of nitrogens with two attached hydrogens (primary N) is 1. The van der Waals surface area contributed by atoms with Crippen LogP contribution >= 0.6 is 0 Å². The number of hydrogen-bond donors (Lipinski definition) is 1. The Labute approximate surface area is 148 Å². The highest BCUT2D eigenvalue weighted by atomic mass is 16.2. The third-order valence-corrected chi connectivity index (χ3v) is 4.60. The fourth-order valence-electron chi connectivity index (χ4n) is 3.27. The Morgan fingerprint density at radius 2 is 2.00 bits per heavy atom. The summed E-state index contributed by atoms with van der Waals surface area (Å²) in [5.41, 5.74) is 8.92. The van der Waals surface area contributed by atoms with Crippen molar-refractivity contribution in [3.8, 4) is 5.95 Å². The minimum atomic E-state index is 0.0234. The molecule has 1 aliphatic rings. The molecule has 0 spiro atoms. The number of rotatable bonds is 4. The van der Waals surface area contributed by atoms with Crippen LogP contribution < -0.4 is 5.73 Å². The van der Waals surface area contributed by atoms with E-state index in [-0.39, 0.29) is 11.8 Å². The molecule has 0 radical (unpaired) electrons. The maximum absolute atomic E-state index is 13.0. The number of nitrogens with zero attached hydrogens (tertiary/aromatic N) is 5. The highest BCUT2D eigenvalue weighted by Crippen LogP contribution is 2.24. The number of aromatic nitrogens is 4. The van der Waals surface area contributed by atoms with Gasteiger partial charge in [0.15, 0.2) is 0 Å². The van der Waals surface area contributed by atoms with Crippen molar-refractivity contribution < 1.29 is 4.79 Å². The Kier molecular flexibility index (Phi) is 4.85. The molecule has 1 fully saturated rings. The highest BCUT2D eigenvalue weighted by molar-refractivity contribution is 5.95. The monoisotopic (exact) mass is 342 g/mol. The summed E-state index contributed by atoms with van der Waals surface area (Å²) in [5.74, 6) is 1.05. The van der Waals surface area contributed by atoms with Gasteiger partial charge in [0.05, 0.1) is 11.3 Å². The van der Waals surface area contributed by atoms with Crippen molar-refractivity contribution in [3.63, 3.8) is 0 Å². The van der Waals surface area contributed by atoms with E-state index >= 15 is 0 Å². The van der Waals surface area contributed by atoms with Crippen molar-refractivity contribution in [2.45, 2.75) is 40.0 Å². The molecule has 0 aliphatic carbocycles. The quantitative estimate of drug-likeness (QED) is 0.915. The predicted molar refractivity (Wildman–Crippen MR) is 95.8 cm³/mol. The summed E-state index contributed by atoms with van der Waals surface area (Å²) >= 11 is 0. The summed E-state index contributed by atoms with van der Waals surface area (Å²) in [5, 5.41) is 4.61. The van der Waals surface area contributed by atoms with Crippen LogP contribution in [0.4, 0.5) is 0 Å². The molecular weight excluding hydrogens is 316 g/mol. The molecule has 1 unspecified atom stereocenters. The van der Waals surface area contributed by atoms with Gasteiger partial charge in [-0.05, 0) is 44.7 Å². The maximum atomic E-state index is 13.0. The molecule has 2 aromatic rings. The van der Waals surface area contributed by atoms with Crippen LogP contribution in [-0.4, -0.2) is 50.2 Å². The molecule has 1 saturated heterocycles. The topological polar surface area (TPSA) is 89.9 Å². The summed E-state index contributed by atoms with van der Waals surface area (Å²) < 4.78 is 1.62. The van der Waals surface area contributed by atoms with Crippen molar-refractivity contribution in [1.82, 2.24) is 24.6 Å². The van der Waals surface area contributed by atoms with Gasteiger partial charge in [0.1, 0.15) is 0 Å². The summed E-state index contributed by atoms with van der Waals surface area (Å²) in [7, 11) is 0. The molecule has 1 amide bonds. The Bertz CT molecular complexity index is 762. The van der Waals surface area contributed by atoms with Crippen LogP contribution in [0.15, 0.2) is 12.3 Å². The average Bonchev–Trinajstić information content (AvgIpc) is 3.20. The normalized spacial score (nSPS) is 17.5. The smallest absolute Gasteiger partial charge is 0.257 e. The van der Waals surface area contributed by atoms with Gasteiger partial charge in [-0.1, -0.05) is 13.8 Å². The van der Waals surface area contributed by atoms with Crippen molar-refractivity contribution >= 4 is 5.91 Å². The molecule has 7 heteroatoms. The molecule has 3 heterocycles. The van der Waals surface area contributed by atoms with Crippen molar-refractivity contribution in [1.29, 1.82) is 0 Å². The Morgan fingerprint density at radius 1 is 1.32 bits per heavy atom. The summed E-state index contributed by atoms with van der Waals surface area (Å²) in [6, 6.07) is 1.92. The largest absolute Gasteiger partial charge is 0.338 e. The zero-order chi connectivity index (χ0) is 18.1. The molecular formula is C18H26N6O. The van der Waals surface area contributed by atoms with E-state index in [0.29, 0.717) is 24.0 Å². The van der Waals surface area contributed by atoms with E-state index in [1.165, 1.54) is 0 Å². The first-order chi connectivity index (χ1) is 11.9. The molecule has 25 heavy (non-hydrogen) atoms. The van der Waals surface area contributed by atoms with Gasteiger partial charge in [-0.15, -0.1) is 0 Å². The van der Waals surface area contributed by atoms with Crippen LogP contribution in [0.5, 0.6) is 0 Å². The van der Waals surface area contributed by atoms with Crippen LogP contribution in [0, 0.1) is 19.8 Å². The van der Waals surface area contributed by atoms with E-state index < -0.39 is 0 Å². The molecule has 1 atom stereocenters. The second kappa shape index (κ2) is 6.92. The molecule has 2 aromatic heterocycles. The average molecular weight is 342 g/mol. The highest BCUT2D eigenvalue weighted by Gasteiger charge is 2.29. The van der Waals surface area contributed by atoms with Gasteiger partial charge in [0.2, 0.25) is 0 Å². The zero-order valence-corrected chi connectivity index (χ0v) is 15.4. The number of hydrogen-bond acceptors (Lipinski definition) is 5. The van der Waals surface area contributed by atoms with Crippen LogP contribution in [0.2, 0.25) is 0 Å². The third kappa shape index (κ3) is 3.56. The number of amides is 1. The first kappa shape index (κ1) is 17.5. The fourth-order valence-corrected chi connectivity index (χ4v) is 3.27. The lowest BCUT2D eigenvalue weighted by molar-refractivity contribution is 0.0786. The fraction of sp³-hybridized carbons (Fsp3) is 0.556. The number of carbonyl (C=O) groups excluding carboxylic acids is 1. The molecule has 0 aromatic carbocycles. The van der Waals surface area contributed by atoms with E-state index in [2.05, 4.69) is 15.1 Å². The number of carbonyl (C=O) groups is 1. The van der Waals surface area contributed by atoms with Gasteiger partial charge in [0, 0.05) is 30.7 Å².